The number of urea groups is 2. The van der Waals surface area contributed by atoms with E-state index in [1.165, 1.54) is 0 Å². The number of amides is 6. The van der Waals surface area contributed by atoms with Gasteiger partial charge in [-0.25, -0.2) is 9.59 Å². The van der Waals surface area contributed by atoms with Gasteiger partial charge in [0.25, 0.3) is 5.91 Å². The maximum atomic E-state index is 12.5. The Labute approximate surface area is 155 Å². The van der Waals surface area contributed by atoms with Gasteiger partial charge in [0.05, 0.1) is 0 Å². The summed E-state index contributed by atoms with van der Waals surface area (Å²) in [6.07, 6.45) is 2.11. The number of benzene rings is 1. The van der Waals surface area contributed by atoms with E-state index in [9.17, 15) is 19.2 Å². The summed E-state index contributed by atoms with van der Waals surface area (Å²) in [4.78, 5) is 52.0. The van der Waals surface area contributed by atoms with Gasteiger partial charge in [0, 0.05) is 29.6 Å². The standard InChI is InChI=1S/C18H21N5O4/c1-10(2)20-17(26)22-15(24)9-23-16(25)14(21-18(23)27)7-11-8-19-13-6-4-3-5-12(11)13/h3-6,8,10,14,19H,7,9H2,1-2H3,(H,21,27)(H2,20,22,24,26)/t14-/m1/s1. The Morgan fingerprint density at radius 1 is 1.22 bits per heavy atom. The van der Waals surface area contributed by atoms with E-state index in [2.05, 4.69) is 20.9 Å². The van der Waals surface area contributed by atoms with Gasteiger partial charge in [-0.05, 0) is 25.5 Å². The minimum atomic E-state index is -0.756. The number of carbonyl (C=O) groups excluding carboxylic acids is 4. The predicted octanol–water partition coefficient (Wildman–Crippen LogP) is 0.865. The molecule has 6 amide bonds. The minimum Gasteiger partial charge on any atom is -0.361 e. The molecule has 1 atom stereocenters. The molecular formula is C18H21N5O4. The molecule has 0 spiro atoms. The molecule has 4 N–H and O–H groups in total. The summed E-state index contributed by atoms with van der Waals surface area (Å²) in [7, 11) is 0. The number of hydrogen-bond donors (Lipinski definition) is 4. The lowest BCUT2D eigenvalue weighted by Gasteiger charge is -2.13. The first kappa shape index (κ1) is 18.4. The molecule has 0 saturated carbocycles. The van der Waals surface area contributed by atoms with E-state index in [1.807, 2.05) is 24.3 Å². The normalized spacial score (nSPS) is 16.7. The Kier molecular flexibility index (Phi) is 5.11. The summed E-state index contributed by atoms with van der Waals surface area (Å²) in [6, 6.07) is 5.44. The average molecular weight is 371 g/mol. The predicted molar refractivity (Wildman–Crippen MR) is 97.8 cm³/mol. The highest BCUT2D eigenvalue weighted by atomic mass is 16.2. The lowest BCUT2D eigenvalue weighted by atomic mass is 10.1. The quantitative estimate of drug-likeness (QED) is 0.582. The van der Waals surface area contributed by atoms with Crippen molar-refractivity contribution in [1.82, 2.24) is 25.8 Å². The van der Waals surface area contributed by atoms with Gasteiger partial charge in [-0.3, -0.25) is 19.8 Å². The minimum absolute atomic E-state index is 0.143. The van der Waals surface area contributed by atoms with Crippen LogP contribution in [0, 0.1) is 0 Å². The van der Waals surface area contributed by atoms with Gasteiger partial charge in [-0.1, -0.05) is 18.2 Å². The van der Waals surface area contributed by atoms with Crippen molar-refractivity contribution in [1.29, 1.82) is 0 Å². The molecule has 1 aromatic heterocycles. The first-order chi connectivity index (χ1) is 12.8. The third-order valence-corrected chi connectivity index (χ3v) is 4.18. The van der Waals surface area contributed by atoms with Crippen LogP contribution in [0.4, 0.5) is 9.59 Å². The van der Waals surface area contributed by atoms with E-state index in [0.717, 1.165) is 21.4 Å². The number of hydrogen-bond acceptors (Lipinski definition) is 4. The molecule has 3 rings (SSSR count). The van der Waals surface area contributed by atoms with Gasteiger partial charge < -0.3 is 15.6 Å². The van der Waals surface area contributed by atoms with E-state index < -0.39 is 36.5 Å². The molecule has 1 aliphatic rings. The fraction of sp³-hybridized carbons (Fsp3) is 0.333. The van der Waals surface area contributed by atoms with E-state index in [0.29, 0.717) is 6.42 Å². The number of carbonyl (C=O) groups is 4. The monoisotopic (exact) mass is 371 g/mol. The Balaban J connectivity index is 1.63. The van der Waals surface area contributed by atoms with Crippen LogP contribution in [0.3, 0.4) is 0 Å². The third kappa shape index (κ3) is 4.08. The van der Waals surface area contributed by atoms with Crippen molar-refractivity contribution in [3.05, 3.63) is 36.0 Å². The number of para-hydroxylation sites is 1. The van der Waals surface area contributed by atoms with Crippen molar-refractivity contribution in [2.45, 2.75) is 32.4 Å². The van der Waals surface area contributed by atoms with Crippen molar-refractivity contribution < 1.29 is 19.2 Å². The van der Waals surface area contributed by atoms with Gasteiger partial charge in [0.1, 0.15) is 12.6 Å². The maximum Gasteiger partial charge on any atom is 0.325 e. The SMILES string of the molecule is CC(C)NC(=O)NC(=O)CN1C(=O)N[C@H](Cc2c[nH]c3ccccc23)C1=O. The number of aromatic amines is 1. The summed E-state index contributed by atoms with van der Waals surface area (Å²) in [5.41, 5.74) is 1.84. The van der Waals surface area contributed by atoms with Crippen LogP contribution in [0.2, 0.25) is 0 Å². The Bertz CT molecular complexity index is 904. The number of imide groups is 2. The fourth-order valence-corrected chi connectivity index (χ4v) is 2.99. The third-order valence-electron chi connectivity index (χ3n) is 4.18. The fourth-order valence-electron chi connectivity index (χ4n) is 2.99. The molecule has 1 fully saturated rings. The number of fused-ring (bicyclic) bond motifs is 1. The Morgan fingerprint density at radius 3 is 2.70 bits per heavy atom. The molecule has 1 aliphatic heterocycles. The Hall–Kier alpha value is -3.36. The molecule has 27 heavy (non-hydrogen) atoms. The first-order valence-electron chi connectivity index (χ1n) is 8.62. The molecule has 9 heteroatoms. The molecule has 142 valence electrons. The molecule has 0 aliphatic carbocycles. The molecule has 9 nitrogen and oxygen atoms in total. The Morgan fingerprint density at radius 2 is 1.96 bits per heavy atom. The number of nitrogens with one attached hydrogen (secondary N) is 4. The highest BCUT2D eigenvalue weighted by Gasteiger charge is 2.39. The zero-order chi connectivity index (χ0) is 19.6. The van der Waals surface area contributed by atoms with E-state index in [-0.39, 0.29) is 6.04 Å². The first-order valence-corrected chi connectivity index (χ1v) is 8.62. The van der Waals surface area contributed by atoms with Crippen molar-refractivity contribution in [3.63, 3.8) is 0 Å². The van der Waals surface area contributed by atoms with Crippen LogP contribution in [0.15, 0.2) is 30.5 Å². The van der Waals surface area contributed by atoms with Crippen LogP contribution in [0.25, 0.3) is 10.9 Å². The zero-order valence-corrected chi connectivity index (χ0v) is 15.0. The summed E-state index contributed by atoms with van der Waals surface area (Å²) in [5.74, 6) is -1.23. The highest BCUT2D eigenvalue weighted by Crippen LogP contribution is 2.21. The van der Waals surface area contributed by atoms with Crippen LogP contribution >= 0.6 is 0 Å². The van der Waals surface area contributed by atoms with Crippen molar-refractivity contribution in [2.24, 2.45) is 0 Å². The van der Waals surface area contributed by atoms with Crippen molar-refractivity contribution in [3.8, 4) is 0 Å². The number of aromatic nitrogens is 1. The average Bonchev–Trinajstić information content (AvgIpc) is 3.11. The van der Waals surface area contributed by atoms with Crippen LogP contribution < -0.4 is 16.0 Å². The molecule has 2 heterocycles. The lowest BCUT2D eigenvalue weighted by molar-refractivity contribution is -0.131. The second-order valence-electron chi connectivity index (χ2n) is 6.67. The molecule has 0 radical (unpaired) electrons. The van der Waals surface area contributed by atoms with Crippen molar-refractivity contribution in [2.75, 3.05) is 6.54 Å². The summed E-state index contributed by atoms with van der Waals surface area (Å²) < 4.78 is 0. The molecule has 2 aromatic rings. The molecule has 0 bridgehead atoms. The number of H-pyrrole nitrogens is 1. The van der Waals surface area contributed by atoms with Crippen LogP contribution in [0.5, 0.6) is 0 Å². The van der Waals surface area contributed by atoms with E-state index in [4.69, 9.17) is 0 Å². The largest absolute Gasteiger partial charge is 0.361 e. The van der Waals surface area contributed by atoms with Crippen molar-refractivity contribution >= 4 is 34.8 Å². The van der Waals surface area contributed by atoms with E-state index >= 15 is 0 Å². The van der Waals surface area contributed by atoms with Crippen LogP contribution in [0.1, 0.15) is 19.4 Å². The van der Waals surface area contributed by atoms with Crippen LogP contribution in [-0.2, 0) is 16.0 Å². The molecule has 1 aromatic carbocycles. The zero-order valence-electron chi connectivity index (χ0n) is 15.0. The summed E-state index contributed by atoms with van der Waals surface area (Å²) in [5, 5.41) is 8.16. The lowest BCUT2D eigenvalue weighted by Crippen LogP contribution is -2.47. The van der Waals surface area contributed by atoms with E-state index in [1.54, 1.807) is 20.0 Å². The molecule has 1 saturated heterocycles. The number of rotatable bonds is 5. The van der Waals surface area contributed by atoms with Gasteiger partial charge >= 0.3 is 12.1 Å². The maximum absolute atomic E-state index is 12.5. The highest BCUT2D eigenvalue weighted by molar-refractivity contribution is 6.08. The molecular weight excluding hydrogens is 350 g/mol. The van der Waals surface area contributed by atoms with Gasteiger partial charge in [0.2, 0.25) is 5.91 Å². The topological polar surface area (TPSA) is 123 Å². The number of nitrogens with zero attached hydrogens (tertiary/aromatic N) is 1. The smallest absolute Gasteiger partial charge is 0.325 e. The summed E-state index contributed by atoms with van der Waals surface area (Å²) in [6.45, 7) is 2.98. The van der Waals surface area contributed by atoms with Gasteiger partial charge in [-0.15, -0.1) is 0 Å². The van der Waals surface area contributed by atoms with Gasteiger partial charge in [0.15, 0.2) is 0 Å². The molecule has 0 unspecified atom stereocenters. The summed E-state index contributed by atoms with van der Waals surface area (Å²) >= 11 is 0. The second kappa shape index (κ2) is 7.48. The van der Waals surface area contributed by atoms with Crippen LogP contribution in [-0.4, -0.2) is 52.4 Å². The second-order valence-corrected chi connectivity index (χ2v) is 6.67. The van der Waals surface area contributed by atoms with Gasteiger partial charge in [-0.2, -0.15) is 0 Å².